The largest absolute Gasteiger partial charge is 0.339 e. The van der Waals surface area contributed by atoms with E-state index in [4.69, 9.17) is 4.52 Å². The fourth-order valence-electron chi connectivity index (χ4n) is 3.08. The second-order valence-corrected chi connectivity index (χ2v) is 8.33. The summed E-state index contributed by atoms with van der Waals surface area (Å²) in [5, 5.41) is 4.06. The average molecular weight is 349 g/mol. The number of aromatic nitrogens is 2. The Labute approximate surface area is 142 Å². The molecule has 1 unspecified atom stereocenters. The Morgan fingerprint density at radius 3 is 2.79 bits per heavy atom. The van der Waals surface area contributed by atoms with Crippen molar-refractivity contribution in [3.8, 4) is 0 Å². The van der Waals surface area contributed by atoms with E-state index < -0.39 is 10.0 Å². The van der Waals surface area contributed by atoms with Crippen LogP contribution in [0.4, 0.5) is 0 Å². The zero-order valence-corrected chi connectivity index (χ0v) is 14.7. The summed E-state index contributed by atoms with van der Waals surface area (Å²) in [6.07, 6.45) is 5.67. The van der Waals surface area contributed by atoms with E-state index >= 15 is 0 Å². The molecule has 2 heterocycles. The van der Waals surface area contributed by atoms with Crippen LogP contribution in [0.2, 0.25) is 0 Å². The molecule has 7 heteroatoms. The van der Waals surface area contributed by atoms with Gasteiger partial charge in [-0.3, -0.25) is 0 Å². The Kier molecular flexibility index (Phi) is 5.30. The van der Waals surface area contributed by atoms with Crippen molar-refractivity contribution < 1.29 is 12.9 Å². The van der Waals surface area contributed by atoms with Crippen LogP contribution in [0.1, 0.15) is 42.5 Å². The number of piperidine rings is 1. The molecule has 0 radical (unpaired) electrons. The van der Waals surface area contributed by atoms with Gasteiger partial charge >= 0.3 is 0 Å². The molecule has 1 aromatic heterocycles. The van der Waals surface area contributed by atoms with E-state index in [2.05, 4.69) is 22.3 Å². The maximum atomic E-state index is 11.7. The lowest BCUT2D eigenvalue weighted by Gasteiger charge is -2.28. The highest BCUT2D eigenvalue weighted by Gasteiger charge is 2.30. The molecular weight excluding hydrogens is 326 g/mol. The van der Waals surface area contributed by atoms with Crippen molar-refractivity contribution in [3.05, 3.63) is 47.6 Å². The molecule has 1 aliphatic rings. The van der Waals surface area contributed by atoms with Gasteiger partial charge in [0.1, 0.15) is 0 Å². The van der Waals surface area contributed by atoms with Crippen LogP contribution in [0.3, 0.4) is 0 Å². The van der Waals surface area contributed by atoms with E-state index in [0.717, 1.165) is 32.1 Å². The van der Waals surface area contributed by atoms with Gasteiger partial charge in [0.05, 0.1) is 12.2 Å². The van der Waals surface area contributed by atoms with Gasteiger partial charge in [0.25, 0.3) is 0 Å². The lowest BCUT2D eigenvalue weighted by Crippen LogP contribution is -2.38. The highest BCUT2D eigenvalue weighted by molar-refractivity contribution is 7.88. The topological polar surface area (TPSA) is 76.3 Å². The van der Waals surface area contributed by atoms with Crippen LogP contribution in [0.25, 0.3) is 0 Å². The van der Waals surface area contributed by atoms with E-state index in [1.165, 1.54) is 16.1 Å². The molecule has 24 heavy (non-hydrogen) atoms. The predicted octanol–water partition coefficient (Wildman–Crippen LogP) is 2.38. The second kappa shape index (κ2) is 7.44. The maximum Gasteiger partial charge on any atom is 0.231 e. The van der Waals surface area contributed by atoms with Crippen LogP contribution in [0, 0.1) is 0 Å². The molecule has 0 N–H and O–H groups in total. The summed E-state index contributed by atoms with van der Waals surface area (Å²) < 4.78 is 30.3. The number of hydrogen-bond acceptors (Lipinski definition) is 5. The SMILES string of the molecule is CS(=O)(=O)N1CCCC(c2nc(CCCc3ccccc3)no2)C1. The number of rotatable bonds is 6. The van der Waals surface area contributed by atoms with Gasteiger partial charge in [-0.1, -0.05) is 35.5 Å². The number of aryl methyl sites for hydroxylation is 2. The lowest BCUT2D eigenvalue weighted by molar-refractivity contribution is 0.266. The first-order valence-corrected chi connectivity index (χ1v) is 10.2. The minimum atomic E-state index is -3.16. The Morgan fingerprint density at radius 1 is 1.25 bits per heavy atom. The van der Waals surface area contributed by atoms with Crippen LogP contribution in [-0.2, 0) is 22.9 Å². The molecule has 0 saturated carbocycles. The molecule has 0 amide bonds. The van der Waals surface area contributed by atoms with Crippen LogP contribution in [0.5, 0.6) is 0 Å². The summed E-state index contributed by atoms with van der Waals surface area (Å²) in [6.45, 7) is 1.01. The Balaban J connectivity index is 1.55. The second-order valence-electron chi connectivity index (χ2n) is 6.35. The highest BCUT2D eigenvalue weighted by Crippen LogP contribution is 2.27. The van der Waals surface area contributed by atoms with E-state index in [0.29, 0.717) is 24.8 Å². The Hall–Kier alpha value is -1.73. The molecule has 1 atom stereocenters. The molecule has 1 aliphatic heterocycles. The van der Waals surface area contributed by atoms with Gasteiger partial charge in [0.2, 0.25) is 15.9 Å². The molecule has 130 valence electrons. The number of benzene rings is 1. The third-order valence-corrected chi connectivity index (χ3v) is 5.66. The molecule has 0 bridgehead atoms. The van der Waals surface area contributed by atoms with Crippen molar-refractivity contribution >= 4 is 10.0 Å². The average Bonchev–Trinajstić information content (AvgIpc) is 3.04. The third-order valence-electron chi connectivity index (χ3n) is 4.39. The van der Waals surface area contributed by atoms with Crippen LogP contribution in [-0.4, -0.2) is 42.2 Å². The summed E-state index contributed by atoms with van der Waals surface area (Å²) in [5.41, 5.74) is 1.30. The summed E-state index contributed by atoms with van der Waals surface area (Å²) in [6, 6.07) is 10.3. The first kappa shape index (κ1) is 17.1. The summed E-state index contributed by atoms with van der Waals surface area (Å²) >= 11 is 0. The zero-order chi connectivity index (χ0) is 17.0. The Bertz CT molecular complexity index is 758. The standard InChI is InChI=1S/C17H23N3O3S/c1-24(21,22)20-12-6-10-15(13-20)17-18-16(19-23-17)11-5-9-14-7-3-2-4-8-14/h2-4,7-8,15H,5-6,9-13H2,1H3. The van der Waals surface area contributed by atoms with Crippen molar-refractivity contribution in [1.29, 1.82) is 0 Å². The third kappa shape index (κ3) is 4.42. The summed E-state index contributed by atoms with van der Waals surface area (Å²) in [7, 11) is -3.16. The van der Waals surface area contributed by atoms with E-state index in [1.807, 2.05) is 18.2 Å². The molecule has 3 rings (SSSR count). The van der Waals surface area contributed by atoms with E-state index in [-0.39, 0.29) is 5.92 Å². The fourth-order valence-corrected chi connectivity index (χ4v) is 3.99. The maximum absolute atomic E-state index is 11.7. The highest BCUT2D eigenvalue weighted by atomic mass is 32.2. The van der Waals surface area contributed by atoms with Crippen LogP contribution < -0.4 is 0 Å². The van der Waals surface area contributed by atoms with E-state index in [9.17, 15) is 8.42 Å². The summed E-state index contributed by atoms with van der Waals surface area (Å²) in [5.74, 6) is 1.28. The van der Waals surface area contributed by atoms with Crippen molar-refractivity contribution in [2.75, 3.05) is 19.3 Å². The lowest BCUT2D eigenvalue weighted by atomic mass is 10.00. The van der Waals surface area contributed by atoms with Crippen molar-refractivity contribution in [2.24, 2.45) is 0 Å². The molecule has 6 nitrogen and oxygen atoms in total. The monoisotopic (exact) mass is 349 g/mol. The van der Waals surface area contributed by atoms with Gasteiger partial charge in [0.15, 0.2) is 5.82 Å². The molecule has 2 aromatic rings. The van der Waals surface area contributed by atoms with Crippen LogP contribution >= 0.6 is 0 Å². The van der Waals surface area contributed by atoms with Gasteiger partial charge in [-0.2, -0.15) is 4.98 Å². The van der Waals surface area contributed by atoms with E-state index in [1.54, 1.807) is 0 Å². The number of hydrogen-bond donors (Lipinski definition) is 0. The predicted molar refractivity (Wildman–Crippen MR) is 91.2 cm³/mol. The minimum absolute atomic E-state index is 0.00356. The molecule has 0 aliphatic carbocycles. The van der Waals surface area contributed by atoms with Gasteiger partial charge in [0, 0.05) is 19.5 Å². The normalized spacial score (nSPS) is 19.5. The van der Waals surface area contributed by atoms with Gasteiger partial charge in [-0.25, -0.2) is 12.7 Å². The first-order chi connectivity index (χ1) is 11.5. The van der Waals surface area contributed by atoms with Gasteiger partial charge in [-0.05, 0) is 31.2 Å². The smallest absolute Gasteiger partial charge is 0.231 e. The van der Waals surface area contributed by atoms with Crippen molar-refractivity contribution in [1.82, 2.24) is 14.4 Å². The molecule has 1 fully saturated rings. The fraction of sp³-hybridized carbons (Fsp3) is 0.529. The van der Waals surface area contributed by atoms with Gasteiger partial charge in [-0.15, -0.1) is 0 Å². The van der Waals surface area contributed by atoms with Gasteiger partial charge < -0.3 is 4.52 Å². The number of nitrogens with zero attached hydrogens (tertiary/aromatic N) is 3. The first-order valence-electron chi connectivity index (χ1n) is 8.34. The Morgan fingerprint density at radius 2 is 2.04 bits per heavy atom. The molecular formula is C17H23N3O3S. The van der Waals surface area contributed by atoms with Crippen molar-refractivity contribution in [2.45, 2.75) is 38.0 Å². The molecule has 1 saturated heterocycles. The zero-order valence-electron chi connectivity index (χ0n) is 13.9. The minimum Gasteiger partial charge on any atom is -0.339 e. The molecule has 0 spiro atoms. The summed E-state index contributed by atoms with van der Waals surface area (Å²) in [4.78, 5) is 4.48. The van der Waals surface area contributed by atoms with Crippen molar-refractivity contribution in [3.63, 3.8) is 0 Å². The quantitative estimate of drug-likeness (QED) is 0.800. The van der Waals surface area contributed by atoms with Crippen LogP contribution in [0.15, 0.2) is 34.9 Å². The molecule has 1 aromatic carbocycles. The number of sulfonamides is 1.